The number of hydrogen-bond acceptors (Lipinski definition) is 2. The molecule has 1 heterocycles. The summed E-state index contributed by atoms with van der Waals surface area (Å²) in [6, 6.07) is 4.53. The van der Waals surface area contributed by atoms with Crippen molar-refractivity contribution >= 4 is 10.9 Å². The van der Waals surface area contributed by atoms with Crippen LogP contribution in [-0.4, -0.2) is 20.9 Å². The van der Waals surface area contributed by atoms with Gasteiger partial charge >= 0.3 is 0 Å². The fraction of sp³-hybridized carbons (Fsp3) is 0.591. The number of aliphatic hydroxyl groups is 1. The van der Waals surface area contributed by atoms with Crippen LogP contribution in [0.25, 0.3) is 10.9 Å². The first-order chi connectivity index (χ1) is 12.1. The first kappa shape index (κ1) is 15.5. The Morgan fingerprint density at radius 3 is 2.96 bits per heavy atom. The maximum absolute atomic E-state index is 11.3. The summed E-state index contributed by atoms with van der Waals surface area (Å²) in [5.41, 5.74) is 3.38. The van der Waals surface area contributed by atoms with Crippen molar-refractivity contribution in [1.82, 2.24) is 10.2 Å². The molecule has 0 aliphatic heterocycles. The normalized spacial score (nSPS) is 39.2. The van der Waals surface area contributed by atoms with Crippen molar-refractivity contribution in [1.29, 1.82) is 0 Å². The van der Waals surface area contributed by atoms with Crippen LogP contribution in [0.15, 0.2) is 18.3 Å². The Kier molecular flexibility index (Phi) is 3.16. The molecule has 3 unspecified atom stereocenters. The summed E-state index contributed by atoms with van der Waals surface area (Å²) >= 11 is 0. The Bertz CT molecular complexity index is 904. The topological polar surface area (TPSA) is 48.9 Å². The minimum absolute atomic E-state index is 0.0472. The molecule has 2 saturated carbocycles. The molecule has 3 aliphatic rings. The van der Waals surface area contributed by atoms with Gasteiger partial charge in [-0.3, -0.25) is 5.10 Å². The molecule has 1 aromatic carbocycles. The van der Waals surface area contributed by atoms with E-state index < -0.39 is 5.60 Å². The number of aromatic amines is 1. The van der Waals surface area contributed by atoms with Crippen molar-refractivity contribution in [3.8, 4) is 11.8 Å². The van der Waals surface area contributed by atoms with Crippen LogP contribution in [0.2, 0.25) is 0 Å². The quantitative estimate of drug-likeness (QED) is 0.710. The Labute approximate surface area is 149 Å². The van der Waals surface area contributed by atoms with Gasteiger partial charge in [-0.15, -0.1) is 5.92 Å². The van der Waals surface area contributed by atoms with Gasteiger partial charge in [0.15, 0.2) is 0 Å². The van der Waals surface area contributed by atoms with Crippen LogP contribution in [0, 0.1) is 29.1 Å². The number of nitrogens with one attached hydrogen (secondary N) is 1. The van der Waals surface area contributed by atoms with Crippen molar-refractivity contribution in [2.75, 3.05) is 0 Å². The van der Waals surface area contributed by atoms with E-state index in [1.807, 2.05) is 13.1 Å². The Morgan fingerprint density at radius 2 is 2.12 bits per heavy atom. The van der Waals surface area contributed by atoms with E-state index in [4.69, 9.17) is 0 Å². The van der Waals surface area contributed by atoms with E-state index >= 15 is 0 Å². The molecule has 1 aromatic heterocycles. The van der Waals surface area contributed by atoms with Gasteiger partial charge in [0.1, 0.15) is 5.60 Å². The summed E-state index contributed by atoms with van der Waals surface area (Å²) in [5.74, 6) is 8.10. The summed E-state index contributed by atoms with van der Waals surface area (Å²) in [4.78, 5) is 0. The summed E-state index contributed by atoms with van der Waals surface area (Å²) in [6.45, 7) is 4.16. The lowest BCUT2D eigenvalue weighted by molar-refractivity contribution is -0.0647. The van der Waals surface area contributed by atoms with Crippen molar-refractivity contribution in [2.45, 2.75) is 63.9 Å². The second kappa shape index (κ2) is 5.11. The van der Waals surface area contributed by atoms with Crippen LogP contribution < -0.4 is 0 Å². The van der Waals surface area contributed by atoms with Crippen molar-refractivity contribution in [3.63, 3.8) is 0 Å². The molecule has 0 saturated heterocycles. The monoisotopic (exact) mass is 334 g/mol. The lowest BCUT2D eigenvalue weighted by Gasteiger charge is -2.52. The van der Waals surface area contributed by atoms with E-state index in [1.165, 1.54) is 23.8 Å². The SMILES string of the molecule is CC#C[C@]1(O)CCC2C3CCc4c(ccc5[nH]ncc45)C3CC[C@@]21C. The van der Waals surface area contributed by atoms with E-state index in [9.17, 15) is 5.11 Å². The maximum atomic E-state index is 11.3. The summed E-state index contributed by atoms with van der Waals surface area (Å²) in [6.07, 6.45) is 8.56. The van der Waals surface area contributed by atoms with E-state index in [-0.39, 0.29) is 5.41 Å². The lowest BCUT2D eigenvalue weighted by Crippen LogP contribution is -2.50. The minimum atomic E-state index is -0.786. The van der Waals surface area contributed by atoms with Crippen LogP contribution in [0.1, 0.15) is 63.0 Å². The maximum Gasteiger partial charge on any atom is 0.131 e. The number of aryl methyl sites for hydroxylation is 1. The average Bonchev–Trinajstić information content (AvgIpc) is 3.18. The fourth-order valence-electron chi connectivity index (χ4n) is 6.53. The molecular weight excluding hydrogens is 308 g/mol. The number of aromatic nitrogens is 2. The summed E-state index contributed by atoms with van der Waals surface area (Å²) < 4.78 is 0. The molecule has 0 radical (unpaired) electrons. The van der Waals surface area contributed by atoms with Crippen LogP contribution in [0.5, 0.6) is 0 Å². The number of H-pyrrole nitrogens is 1. The predicted octanol–water partition coefficient (Wildman–Crippen LogP) is 4.17. The molecule has 5 rings (SSSR count). The highest BCUT2D eigenvalue weighted by Crippen LogP contribution is 2.64. The zero-order chi connectivity index (χ0) is 17.2. The molecule has 130 valence electrons. The molecule has 0 bridgehead atoms. The highest BCUT2D eigenvalue weighted by atomic mass is 16.3. The zero-order valence-electron chi connectivity index (χ0n) is 15.1. The molecular formula is C22H26N2O. The third-order valence-corrected chi connectivity index (χ3v) is 7.82. The van der Waals surface area contributed by atoms with Crippen LogP contribution >= 0.6 is 0 Å². The van der Waals surface area contributed by atoms with Gasteiger partial charge < -0.3 is 5.11 Å². The Morgan fingerprint density at radius 1 is 1.24 bits per heavy atom. The number of benzene rings is 1. The molecule has 0 spiro atoms. The number of fused-ring (bicyclic) bond motifs is 7. The molecule has 3 nitrogen and oxygen atoms in total. The third kappa shape index (κ3) is 1.89. The predicted molar refractivity (Wildman–Crippen MR) is 99.1 cm³/mol. The summed E-state index contributed by atoms with van der Waals surface area (Å²) in [5, 5.41) is 19.9. The first-order valence-corrected chi connectivity index (χ1v) is 9.68. The third-order valence-electron chi connectivity index (χ3n) is 7.82. The van der Waals surface area contributed by atoms with Gasteiger partial charge in [-0.1, -0.05) is 18.9 Å². The molecule has 2 fully saturated rings. The van der Waals surface area contributed by atoms with E-state index in [2.05, 4.69) is 41.1 Å². The van der Waals surface area contributed by atoms with Gasteiger partial charge in [-0.05, 0) is 80.4 Å². The van der Waals surface area contributed by atoms with Gasteiger partial charge in [-0.25, -0.2) is 0 Å². The Hall–Kier alpha value is -1.79. The Balaban J connectivity index is 1.56. The molecule has 3 aliphatic carbocycles. The second-order valence-corrected chi connectivity index (χ2v) is 8.61. The average molecular weight is 334 g/mol. The van der Waals surface area contributed by atoms with Gasteiger partial charge in [-0.2, -0.15) is 5.10 Å². The second-order valence-electron chi connectivity index (χ2n) is 8.61. The van der Waals surface area contributed by atoms with Crippen LogP contribution in [0.3, 0.4) is 0 Å². The molecule has 0 amide bonds. The van der Waals surface area contributed by atoms with Crippen LogP contribution in [-0.2, 0) is 6.42 Å². The molecule has 2 N–H and O–H groups in total. The van der Waals surface area contributed by atoms with Crippen molar-refractivity contribution < 1.29 is 5.11 Å². The van der Waals surface area contributed by atoms with Gasteiger partial charge in [0.05, 0.1) is 11.7 Å². The van der Waals surface area contributed by atoms with Crippen molar-refractivity contribution in [2.24, 2.45) is 17.3 Å². The number of hydrogen-bond donors (Lipinski definition) is 2. The van der Waals surface area contributed by atoms with E-state index in [0.717, 1.165) is 31.2 Å². The first-order valence-electron chi connectivity index (χ1n) is 9.68. The molecule has 2 aromatic rings. The smallest absolute Gasteiger partial charge is 0.131 e. The van der Waals surface area contributed by atoms with Gasteiger partial charge in [0.2, 0.25) is 0 Å². The number of rotatable bonds is 0. The lowest BCUT2D eigenvalue weighted by atomic mass is 9.53. The zero-order valence-corrected chi connectivity index (χ0v) is 15.1. The fourth-order valence-corrected chi connectivity index (χ4v) is 6.53. The van der Waals surface area contributed by atoms with E-state index in [1.54, 1.807) is 5.56 Å². The summed E-state index contributed by atoms with van der Waals surface area (Å²) in [7, 11) is 0. The van der Waals surface area contributed by atoms with Crippen LogP contribution in [0.4, 0.5) is 0 Å². The van der Waals surface area contributed by atoms with E-state index in [0.29, 0.717) is 17.8 Å². The highest BCUT2D eigenvalue weighted by Gasteiger charge is 2.61. The van der Waals surface area contributed by atoms with Crippen molar-refractivity contribution in [3.05, 3.63) is 29.5 Å². The van der Waals surface area contributed by atoms with Gasteiger partial charge in [0, 0.05) is 10.8 Å². The molecule has 3 heteroatoms. The minimum Gasteiger partial charge on any atom is -0.377 e. The molecule has 25 heavy (non-hydrogen) atoms. The standard InChI is InChI=1S/C22H26N2O/c1-3-10-22(25)12-9-19-17-5-4-15-14(16(17)8-11-21(19,22)2)6-7-20-18(15)13-23-24-20/h6-7,13,16-17,19,25H,4-5,8-9,11-12H2,1-2H3,(H,23,24)/t16?,17?,19?,21-,22-/m0/s1. The number of nitrogens with zero attached hydrogens (tertiary/aromatic N) is 1. The molecule has 5 atom stereocenters. The van der Waals surface area contributed by atoms with Gasteiger partial charge in [0.25, 0.3) is 0 Å². The largest absolute Gasteiger partial charge is 0.377 e. The highest BCUT2D eigenvalue weighted by molar-refractivity contribution is 5.83.